The normalized spacial score (nSPS) is 11.6. The molecule has 0 bridgehead atoms. The fraction of sp³-hybridized carbons (Fsp3) is 0.182. The number of imidazole rings is 1. The lowest BCUT2D eigenvalue weighted by molar-refractivity contribution is -0.385. The maximum absolute atomic E-state index is 11.3. The minimum atomic E-state index is -3.91. The maximum atomic E-state index is 11.3. The van der Waals surface area contributed by atoms with E-state index < -0.39 is 14.0 Å². The first kappa shape index (κ1) is 15.9. The highest BCUT2D eigenvalue weighted by Crippen LogP contribution is 2.29. The van der Waals surface area contributed by atoms with E-state index in [1.807, 2.05) is 0 Å². The molecular weight excluding hydrogens is 386 g/mol. The number of hydrogen-bond acceptors (Lipinski definition) is 5. The first-order valence-corrected chi connectivity index (χ1v) is 8.70. The summed E-state index contributed by atoms with van der Waals surface area (Å²) in [5, 5.41) is 10.6. The second-order valence-electron chi connectivity index (χ2n) is 4.20. The highest BCUT2D eigenvalue weighted by molar-refractivity contribution is 9.10. The Morgan fingerprint density at radius 3 is 2.67 bits per heavy atom. The number of hydrogen-bond donors (Lipinski definition) is 0. The van der Waals surface area contributed by atoms with Gasteiger partial charge in [0.2, 0.25) is 0 Å². The molecule has 7 nitrogen and oxygen atoms in total. The Morgan fingerprint density at radius 1 is 1.48 bits per heavy atom. The number of halogens is 2. The molecule has 0 amide bonds. The predicted octanol–water partition coefficient (Wildman–Crippen LogP) is 2.84. The smallest absolute Gasteiger partial charge is 0.283 e. The molecule has 2 aromatic rings. The van der Waals surface area contributed by atoms with Crippen LogP contribution in [0.5, 0.6) is 0 Å². The van der Waals surface area contributed by atoms with E-state index in [1.54, 1.807) is 23.6 Å². The summed E-state index contributed by atoms with van der Waals surface area (Å²) in [7, 11) is 1.33. The second kappa shape index (κ2) is 5.74. The molecule has 112 valence electrons. The molecule has 0 atom stereocenters. The van der Waals surface area contributed by atoms with Gasteiger partial charge >= 0.3 is 0 Å². The quantitative estimate of drug-likeness (QED) is 0.451. The van der Waals surface area contributed by atoms with Gasteiger partial charge < -0.3 is 4.57 Å². The van der Waals surface area contributed by atoms with E-state index in [0.717, 1.165) is 0 Å². The van der Waals surface area contributed by atoms with Gasteiger partial charge in [-0.05, 0) is 28.4 Å². The molecule has 1 heterocycles. The van der Waals surface area contributed by atoms with Crippen molar-refractivity contribution in [3.63, 3.8) is 0 Å². The Hall–Kier alpha value is -1.45. The van der Waals surface area contributed by atoms with Crippen LogP contribution in [-0.2, 0) is 15.6 Å². The van der Waals surface area contributed by atoms with Gasteiger partial charge in [-0.15, -0.1) is 0 Å². The molecular formula is C11H9BrClN3O4S. The Kier molecular flexibility index (Phi) is 4.35. The third kappa shape index (κ3) is 3.42. The van der Waals surface area contributed by atoms with Crippen molar-refractivity contribution in [2.75, 3.05) is 0 Å². The minimum Gasteiger partial charge on any atom is -0.329 e. The lowest BCUT2D eigenvalue weighted by Crippen LogP contribution is -2.02. The Morgan fingerprint density at radius 2 is 2.14 bits per heavy atom. The van der Waals surface area contributed by atoms with E-state index in [2.05, 4.69) is 20.9 Å². The van der Waals surface area contributed by atoms with Crippen LogP contribution in [0.4, 0.5) is 5.69 Å². The van der Waals surface area contributed by atoms with Gasteiger partial charge in [0.1, 0.15) is 10.3 Å². The highest BCUT2D eigenvalue weighted by Gasteiger charge is 2.19. The van der Waals surface area contributed by atoms with Gasteiger partial charge in [-0.1, -0.05) is 12.1 Å². The standard InChI is InChI=1S/C11H9BrClN3O4S/c1-7-14-10(21(13,19)20)6-15(7)5-8-3-2-4-9(11(8)12)16(17)18/h2-4,6H,5H2,1H3. The van der Waals surface area contributed by atoms with E-state index in [9.17, 15) is 18.5 Å². The number of benzene rings is 1. The van der Waals surface area contributed by atoms with E-state index in [4.69, 9.17) is 10.7 Å². The molecule has 0 aliphatic carbocycles. The third-order valence-corrected chi connectivity index (χ3v) is 4.89. The topological polar surface area (TPSA) is 95.1 Å². The summed E-state index contributed by atoms with van der Waals surface area (Å²) in [6.07, 6.45) is 1.29. The molecule has 1 aromatic heterocycles. The second-order valence-corrected chi connectivity index (χ2v) is 7.51. The van der Waals surface area contributed by atoms with Crippen molar-refractivity contribution in [3.8, 4) is 0 Å². The van der Waals surface area contributed by atoms with Gasteiger partial charge in [-0.2, -0.15) is 0 Å². The van der Waals surface area contributed by atoms with Gasteiger partial charge in [0.15, 0.2) is 5.03 Å². The Labute approximate surface area is 133 Å². The monoisotopic (exact) mass is 393 g/mol. The molecule has 0 aliphatic rings. The first-order valence-electron chi connectivity index (χ1n) is 5.60. The molecule has 0 unspecified atom stereocenters. The Balaban J connectivity index is 2.42. The molecule has 0 spiro atoms. The molecule has 21 heavy (non-hydrogen) atoms. The molecule has 10 heteroatoms. The fourth-order valence-electron chi connectivity index (χ4n) is 1.77. The zero-order valence-corrected chi connectivity index (χ0v) is 13.8. The van der Waals surface area contributed by atoms with Crippen LogP contribution in [0.3, 0.4) is 0 Å². The zero-order chi connectivity index (χ0) is 15.8. The van der Waals surface area contributed by atoms with Gasteiger partial charge in [-0.3, -0.25) is 10.1 Å². The summed E-state index contributed by atoms with van der Waals surface area (Å²) >= 11 is 3.19. The summed E-state index contributed by atoms with van der Waals surface area (Å²) < 4.78 is 24.4. The van der Waals surface area contributed by atoms with Gasteiger partial charge in [0, 0.05) is 22.9 Å². The third-order valence-electron chi connectivity index (χ3n) is 2.80. The van der Waals surface area contributed by atoms with Crippen LogP contribution in [-0.4, -0.2) is 22.9 Å². The summed E-state index contributed by atoms with van der Waals surface area (Å²) in [6.45, 7) is 1.85. The van der Waals surface area contributed by atoms with Crippen molar-refractivity contribution in [2.45, 2.75) is 18.5 Å². The van der Waals surface area contributed by atoms with Crippen molar-refractivity contribution in [1.82, 2.24) is 9.55 Å². The molecule has 0 saturated carbocycles. The Bertz CT molecular complexity index is 819. The lowest BCUT2D eigenvalue weighted by atomic mass is 10.2. The number of nitro groups is 1. The van der Waals surface area contributed by atoms with Gasteiger partial charge in [0.05, 0.1) is 11.5 Å². The molecule has 0 N–H and O–H groups in total. The summed E-state index contributed by atoms with van der Waals surface area (Å²) in [6, 6.07) is 4.64. The molecule has 0 fully saturated rings. The van der Waals surface area contributed by atoms with Crippen LogP contribution in [0, 0.1) is 17.0 Å². The summed E-state index contributed by atoms with van der Waals surface area (Å²) in [5.74, 6) is 0.438. The van der Waals surface area contributed by atoms with Crippen molar-refractivity contribution >= 4 is 41.4 Å². The van der Waals surface area contributed by atoms with Crippen molar-refractivity contribution in [3.05, 3.63) is 50.4 Å². The first-order chi connectivity index (χ1) is 9.70. The van der Waals surface area contributed by atoms with Crippen LogP contribution in [0.15, 0.2) is 33.9 Å². The SMILES string of the molecule is Cc1nc(S(=O)(=O)Cl)cn1Cc1cccc([N+](=O)[O-])c1Br. The number of aromatic nitrogens is 2. The average Bonchev–Trinajstić information content (AvgIpc) is 2.73. The van der Waals surface area contributed by atoms with Gasteiger partial charge in [-0.25, -0.2) is 13.4 Å². The largest absolute Gasteiger partial charge is 0.329 e. The predicted molar refractivity (Wildman–Crippen MR) is 79.9 cm³/mol. The van der Waals surface area contributed by atoms with Crippen LogP contribution >= 0.6 is 26.6 Å². The molecule has 0 saturated heterocycles. The van der Waals surface area contributed by atoms with E-state index in [1.165, 1.54) is 12.3 Å². The van der Waals surface area contributed by atoms with Crippen molar-refractivity contribution in [1.29, 1.82) is 0 Å². The molecule has 2 rings (SSSR count). The van der Waals surface area contributed by atoms with Crippen molar-refractivity contribution in [2.24, 2.45) is 0 Å². The van der Waals surface area contributed by atoms with Crippen LogP contribution < -0.4 is 0 Å². The van der Waals surface area contributed by atoms with Crippen LogP contribution in [0.25, 0.3) is 0 Å². The summed E-state index contributed by atoms with van der Waals surface area (Å²) in [5.41, 5.74) is 0.568. The molecule has 0 radical (unpaired) electrons. The summed E-state index contributed by atoms with van der Waals surface area (Å²) in [4.78, 5) is 14.3. The van der Waals surface area contributed by atoms with E-state index in [-0.39, 0.29) is 17.3 Å². The zero-order valence-electron chi connectivity index (χ0n) is 10.7. The number of aryl methyl sites for hydroxylation is 1. The van der Waals surface area contributed by atoms with Crippen molar-refractivity contribution < 1.29 is 13.3 Å². The maximum Gasteiger partial charge on any atom is 0.283 e. The van der Waals surface area contributed by atoms with Gasteiger partial charge in [0.25, 0.3) is 14.7 Å². The number of rotatable bonds is 4. The highest BCUT2D eigenvalue weighted by atomic mass is 79.9. The minimum absolute atomic E-state index is 0.0598. The lowest BCUT2D eigenvalue weighted by Gasteiger charge is -2.07. The average molecular weight is 395 g/mol. The van der Waals surface area contributed by atoms with Crippen LogP contribution in [0.2, 0.25) is 0 Å². The molecule has 1 aromatic carbocycles. The van der Waals surface area contributed by atoms with E-state index in [0.29, 0.717) is 15.9 Å². The molecule has 0 aliphatic heterocycles. The van der Waals surface area contributed by atoms with E-state index >= 15 is 0 Å². The number of nitro benzene ring substituents is 1. The number of nitrogens with zero attached hydrogens (tertiary/aromatic N) is 3. The van der Waals surface area contributed by atoms with Crippen LogP contribution in [0.1, 0.15) is 11.4 Å². The fourth-order valence-corrected chi connectivity index (χ4v) is 3.02.